The summed E-state index contributed by atoms with van der Waals surface area (Å²) in [4.78, 5) is 7.36. The SMILES string of the molecule is CC1CCCN1c1nc2ccccn2c1CNC(C)(C)C. The molecule has 0 radical (unpaired) electrons. The highest BCUT2D eigenvalue weighted by Gasteiger charge is 2.26. The van der Waals surface area contributed by atoms with E-state index < -0.39 is 0 Å². The Balaban J connectivity index is 2.01. The second-order valence-electron chi connectivity index (χ2n) is 7.10. The van der Waals surface area contributed by atoms with Gasteiger partial charge in [-0.25, -0.2) is 4.98 Å². The van der Waals surface area contributed by atoms with E-state index in [1.165, 1.54) is 18.5 Å². The maximum absolute atomic E-state index is 4.89. The van der Waals surface area contributed by atoms with Gasteiger partial charge in [0.25, 0.3) is 0 Å². The Kier molecular flexibility index (Phi) is 3.66. The highest BCUT2D eigenvalue weighted by molar-refractivity contribution is 5.57. The van der Waals surface area contributed by atoms with E-state index in [0.717, 1.165) is 24.6 Å². The molecule has 0 bridgehead atoms. The number of aromatic nitrogens is 2. The van der Waals surface area contributed by atoms with Crippen molar-refractivity contribution in [2.45, 2.75) is 58.7 Å². The van der Waals surface area contributed by atoms with Crippen LogP contribution in [-0.4, -0.2) is 27.5 Å². The van der Waals surface area contributed by atoms with Gasteiger partial charge in [-0.2, -0.15) is 0 Å². The fraction of sp³-hybridized carbons (Fsp3) is 0.588. The highest BCUT2D eigenvalue weighted by atomic mass is 15.3. The van der Waals surface area contributed by atoms with E-state index in [2.05, 4.69) is 66.7 Å². The van der Waals surface area contributed by atoms with E-state index in [1.54, 1.807) is 0 Å². The fourth-order valence-electron chi connectivity index (χ4n) is 3.03. The lowest BCUT2D eigenvalue weighted by molar-refractivity contribution is 0.420. The molecule has 0 aliphatic carbocycles. The first-order chi connectivity index (χ1) is 9.96. The molecule has 1 unspecified atom stereocenters. The summed E-state index contributed by atoms with van der Waals surface area (Å²) in [5.41, 5.74) is 2.42. The minimum absolute atomic E-state index is 0.104. The molecule has 0 spiro atoms. The minimum atomic E-state index is 0.104. The van der Waals surface area contributed by atoms with Gasteiger partial charge in [0, 0.05) is 30.9 Å². The maximum atomic E-state index is 4.89. The molecule has 3 rings (SSSR count). The Bertz CT molecular complexity index is 623. The summed E-state index contributed by atoms with van der Waals surface area (Å²) in [5.74, 6) is 1.16. The smallest absolute Gasteiger partial charge is 0.152 e. The van der Waals surface area contributed by atoms with Crippen LogP contribution in [0.3, 0.4) is 0 Å². The zero-order valence-electron chi connectivity index (χ0n) is 13.6. The van der Waals surface area contributed by atoms with Crippen molar-refractivity contribution in [3.8, 4) is 0 Å². The van der Waals surface area contributed by atoms with Crippen molar-refractivity contribution in [2.24, 2.45) is 0 Å². The van der Waals surface area contributed by atoms with Crippen LogP contribution in [0.5, 0.6) is 0 Å². The standard InChI is InChI=1S/C17H26N4/c1-13-8-7-11-20(13)16-14(12-18-17(2,3)4)21-10-6-5-9-15(21)19-16/h5-6,9-10,13,18H,7-8,11-12H2,1-4H3. The first kappa shape index (κ1) is 14.4. The van der Waals surface area contributed by atoms with Crippen LogP contribution in [0, 0.1) is 0 Å². The molecule has 1 fully saturated rings. The predicted octanol–water partition coefficient (Wildman–Crippen LogP) is 3.21. The van der Waals surface area contributed by atoms with Crippen LogP contribution in [0.25, 0.3) is 5.65 Å². The summed E-state index contributed by atoms with van der Waals surface area (Å²) in [7, 11) is 0. The van der Waals surface area contributed by atoms with Crippen LogP contribution in [0.1, 0.15) is 46.2 Å². The lowest BCUT2D eigenvalue weighted by Gasteiger charge is -2.25. The molecule has 4 nitrogen and oxygen atoms in total. The molecule has 1 atom stereocenters. The normalized spacial score (nSPS) is 19.6. The van der Waals surface area contributed by atoms with Gasteiger partial charge in [-0.1, -0.05) is 6.07 Å². The summed E-state index contributed by atoms with van der Waals surface area (Å²) in [6.07, 6.45) is 4.65. The van der Waals surface area contributed by atoms with Crippen LogP contribution < -0.4 is 10.2 Å². The molecule has 1 N–H and O–H groups in total. The third-order valence-corrected chi connectivity index (χ3v) is 4.22. The number of hydrogen-bond donors (Lipinski definition) is 1. The van der Waals surface area contributed by atoms with E-state index in [4.69, 9.17) is 4.98 Å². The molecule has 1 saturated heterocycles. The van der Waals surface area contributed by atoms with Crippen LogP contribution in [0.15, 0.2) is 24.4 Å². The van der Waals surface area contributed by atoms with Crippen molar-refractivity contribution in [2.75, 3.05) is 11.4 Å². The number of imidazole rings is 1. The van der Waals surface area contributed by atoms with Crippen LogP contribution in [0.2, 0.25) is 0 Å². The van der Waals surface area contributed by atoms with Crippen molar-refractivity contribution in [1.82, 2.24) is 14.7 Å². The van der Waals surface area contributed by atoms with Crippen LogP contribution in [-0.2, 0) is 6.54 Å². The molecule has 0 amide bonds. The zero-order valence-corrected chi connectivity index (χ0v) is 13.6. The van der Waals surface area contributed by atoms with Gasteiger partial charge in [0.1, 0.15) is 5.65 Å². The Labute approximate surface area is 127 Å². The molecular formula is C17H26N4. The van der Waals surface area contributed by atoms with E-state index in [1.807, 2.05) is 0 Å². The lowest BCUT2D eigenvalue weighted by atomic mass is 10.1. The van der Waals surface area contributed by atoms with Gasteiger partial charge < -0.3 is 14.6 Å². The largest absolute Gasteiger partial charge is 0.352 e. The Morgan fingerprint density at radius 2 is 2.14 bits per heavy atom. The number of pyridine rings is 1. The number of hydrogen-bond acceptors (Lipinski definition) is 3. The Morgan fingerprint density at radius 3 is 2.81 bits per heavy atom. The number of nitrogens with zero attached hydrogens (tertiary/aromatic N) is 3. The molecule has 0 aromatic carbocycles. The Morgan fingerprint density at radius 1 is 1.33 bits per heavy atom. The first-order valence-electron chi connectivity index (χ1n) is 7.93. The lowest BCUT2D eigenvalue weighted by Crippen LogP contribution is -2.36. The van der Waals surface area contributed by atoms with Gasteiger partial charge in [-0.05, 0) is 52.7 Å². The number of anilines is 1. The monoisotopic (exact) mass is 286 g/mol. The maximum Gasteiger partial charge on any atom is 0.152 e. The molecular weight excluding hydrogens is 260 g/mol. The molecule has 114 valence electrons. The van der Waals surface area contributed by atoms with Crippen molar-refractivity contribution in [1.29, 1.82) is 0 Å². The Hall–Kier alpha value is -1.55. The molecule has 4 heteroatoms. The van der Waals surface area contributed by atoms with Crippen molar-refractivity contribution in [3.63, 3.8) is 0 Å². The van der Waals surface area contributed by atoms with Gasteiger partial charge in [0.15, 0.2) is 5.82 Å². The highest BCUT2D eigenvalue weighted by Crippen LogP contribution is 2.29. The van der Waals surface area contributed by atoms with E-state index in [-0.39, 0.29) is 5.54 Å². The van der Waals surface area contributed by atoms with Gasteiger partial charge in [-0.3, -0.25) is 0 Å². The molecule has 0 saturated carbocycles. The van der Waals surface area contributed by atoms with Crippen LogP contribution in [0.4, 0.5) is 5.82 Å². The minimum Gasteiger partial charge on any atom is -0.352 e. The second kappa shape index (κ2) is 5.34. The topological polar surface area (TPSA) is 32.6 Å². The third-order valence-electron chi connectivity index (χ3n) is 4.22. The van der Waals surface area contributed by atoms with Crippen LogP contribution >= 0.6 is 0 Å². The summed E-state index contributed by atoms with van der Waals surface area (Å²) in [6.45, 7) is 10.9. The first-order valence-corrected chi connectivity index (χ1v) is 7.93. The number of fused-ring (bicyclic) bond motifs is 1. The number of nitrogens with one attached hydrogen (secondary N) is 1. The molecule has 21 heavy (non-hydrogen) atoms. The molecule has 1 aliphatic rings. The molecule has 1 aliphatic heterocycles. The van der Waals surface area contributed by atoms with Gasteiger partial charge in [-0.15, -0.1) is 0 Å². The van der Waals surface area contributed by atoms with E-state index >= 15 is 0 Å². The summed E-state index contributed by atoms with van der Waals surface area (Å²) in [6, 6.07) is 6.81. The quantitative estimate of drug-likeness (QED) is 0.940. The summed E-state index contributed by atoms with van der Waals surface area (Å²) in [5, 5.41) is 3.61. The van der Waals surface area contributed by atoms with E-state index in [0.29, 0.717) is 6.04 Å². The average molecular weight is 286 g/mol. The number of rotatable bonds is 3. The zero-order chi connectivity index (χ0) is 15.0. The molecule has 3 heterocycles. The van der Waals surface area contributed by atoms with Gasteiger partial charge >= 0.3 is 0 Å². The second-order valence-corrected chi connectivity index (χ2v) is 7.10. The fourth-order valence-corrected chi connectivity index (χ4v) is 3.03. The van der Waals surface area contributed by atoms with Gasteiger partial charge in [0.05, 0.1) is 5.69 Å². The van der Waals surface area contributed by atoms with Crippen molar-refractivity contribution in [3.05, 3.63) is 30.1 Å². The van der Waals surface area contributed by atoms with Crippen molar-refractivity contribution < 1.29 is 0 Å². The van der Waals surface area contributed by atoms with E-state index in [9.17, 15) is 0 Å². The summed E-state index contributed by atoms with van der Waals surface area (Å²) >= 11 is 0. The average Bonchev–Trinajstić information content (AvgIpc) is 2.98. The third kappa shape index (κ3) is 2.91. The predicted molar refractivity (Wildman–Crippen MR) is 87.8 cm³/mol. The van der Waals surface area contributed by atoms with Crippen molar-refractivity contribution >= 4 is 11.5 Å². The molecule has 2 aromatic rings. The van der Waals surface area contributed by atoms with Gasteiger partial charge in [0.2, 0.25) is 0 Å². The summed E-state index contributed by atoms with van der Waals surface area (Å²) < 4.78 is 2.22. The molecule has 2 aromatic heterocycles.